The van der Waals surface area contributed by atoms with Crippen molar-refractivity contribution in [3.63, 3.8) is 0 Å². The second kappa shape index (κ2) is 7.80. The van der Waals surface area contributed by atoms with Crippen molar-refractivity contribution in [2.24, 2.45) is 0 Å². The maximum Gasteiger partial charge on any atom is 0.286 e. The predicted octanol–water partition coefficient (Wildman–Crippen LogP) is 2.17. The third-order valence-corrected chi connectivity index (χ3v) is 4.24. The van der Waals surface area contributed by atoms with E-state index >= 15 is 0 Å². The summed E-state index contributed by atoms with van der Waals surface area (Å²) in [5.74, 6) is -0.241. The molecule has 0 unspecified atom stereocenters. The molecular formula is C16H18N6OS. The van der Waals surface area contributed by atoms with Gasteiger partial charge in [-0.05, 0) is 25.1 Å². The first-order valence-corrected chi connectivity index (χ1v) is 8.42. The molecule has 3 rings (SSSR count). The molecular weight excluding hydrogens is 324 g/mol. The first-order chi connectivity index (χ1) is 11.7. The Morgan fingerprint density at radius 3 is 2.83 bits per heavy atom. The van der Waals surface area contributed by atoms with Crippen LogP contribution in [0.5, 0.6) is 0 Å². The number of aromatic nitrogens is 4. The van der Waals surface area contributed by atoms with Crippen LogP contribution in [0.15, 0.2) is 48.8 Å². The SMILES string of the molecule is C[C@@H](Cn1cccn1)NCc1nnc(C(=O)Nc2ccccc2)s1. The van der Waals surface area contributed by atoms with Gasteiger partial charge in [-0.3, -0.25) is 9.48 Å². The summed E-state index contributed by atoms with van der Waals surface area (Å²) in [6.45, 7) is 3.41. The van der Waals surface area contributed by atoms with E-state index in [1.807, 2.05) is 47.3 Å². The van der Waals surface area contributed by atoms with E-state index in [4.69, 9.17) is 0 Å². The number of carbonyl (C=O) groups excluding carboxylic acids is 1. The van der Waals surface area contributed by atoms with Crippen LogP contribution in [0.3, 0.4) is 0 Å². The molecule has 8 heteroatoms. The Labute approximate surface area is 143 Å². The Hall–Kier alpha value is -2.58. The Kier molecular flexibility index (Phi) is 5.29. The molecule has 1 atom stereocenters. The third-order valence-electron chi connectivity index (χ3n) is 3.31. The van der Waals surface area contributed by atoms with E-state index in [0.717, 1.165) is 17.2 Å². The van der Waals surface area contributed by atoms with E-state index in [-0.39, 0.29) is 11.9 Å². The van der Waals surface area contributed by atoms with Gasteiger partial charge in [-0.15, -0.1) is 10.2 Å². The lowest BCUT2D eigenvalue weighted by atomic mass is 10.3. The maximum absolute atomic E-state index is 12.1. The number of nitrogens with zero attached hydrogens (tertiary/aromatic N) is 4. The molecule has 0 saturated carbocycles. The van der Waals surface area contributed by atoms with Gasteiger partial charge in [-0.25, -0.2) is 0 Å². The van der Waals surface area contributed by atoms with Crippen LogP contribution in [0.2, 0.25) is 0 Å². The number of amides is 1. The first kappa shape index (κ1) is 16.3. The second-order valence-corrected chi connectivity index (χ2v) is 6.39. The van der Waals surface area contributed by atoms with E-state index in [0.29, 0.717) is 11.6 Å². The quantitative estimate of drug-likeness (QED) is 0.687. The molecule has 0 fully saturated rings. The van der Waals surface area contributed by atoms with Gasteiger partial charge < -0.3 is 10.6 Å². The summed E-state index contributed by atoms with van der Waals surface area (Å²) in [7, 11) is 0. The molecule has 0 saturated heterocycles. The molecule has 2 aromatic heterocycles. The number of rotatable bonds is 7. The molecule has 124 valence electrons. The van der Waals surface area contributed by atoms with E-state index < -0.39 is 0 Å². The molecule has 7 nitrogen and oxygen atoms in total. The fraction of sp³-hybridized carbons (Fsp3) is 0.250. The Balaban J connectivity index is 1.50. The highest BCUT2D eigenvalue weighted by molar-refractivity contribution is 7.13. The Morgan fingerprint density at radius 1 is 1.25 bits per heavy atom. The van der Waals surface area contributed by atoms with Crippen LogP contribution in [0.1, 0.15) is 21.7 Å². The summed E-state index contributed by atoms with van der Waals surface area (Å²) in [6, 6.07) is 11.4. The van der Waals surface area contributed by atoms with Gasteiger partial charge in [0.15, 0.2) is 0 Å². The van der Waals surface area contributed by atoms with Gasteiger partial charge in [-0.1, -0.05) is 29.5 Å². The molecule has 0 bridgehead atoms. The molecule has 2 heterocycles. The average Bonchev–Trinajstić information content (AvgIpc) is 3.25. The Morgan fingerprint density at radius 2 is 2.08 bits per heavy atom. The largest absolute Gasteiger partial charge is 0.320 e. The van der Waals surface area contributed by atoms with Crippen LogP contribution >= 0.6 is 11.3 Å². The van der Waals surface area contributed by atoms with Crippen LogP contribution in [0, 0.1) is 0 Å². The van der Waals surface area contributed by atoms with Crippen LogP contribution in [-0.2, 0) is 13.1 Å². The fourth-order valence-corrected chi connectivity index (χ4v) is 2.82. The fourth-order valence-electron chi connectivity index (χ4n) is 2.14. The summed E-state index contributed by atoms with van der Waals surface area (Å²) < 4.78 is 1.87. The van der Waals surface area contributed by atoms with Crippen molar-refractivity contribution >= 4 is 22.9 Å². The van der Waals surface area contributed by atoms with Gasteiger partial charge in [0, 0.05) is 24.1 Å². The first-order valence-electron chi connectivity index (χ1n) is 7.60. The zero-order valence-corrected chi connectivity index (χ0v) is 14.0. The third kappa shape index (κ3) is 4.46. The monoisotopic (exact) mass is 342 g/mol. The van der Waals surface area contributed by atoms with E-state index in [1.54, 1.807) is 6.20 Å². The van der Waals surface area contributed by atoms with Gasteiger partial charge in [0.25, 0.3) is 5.91 Å². The zero-order chi connectivity index (χ0) is 16.8. The summed E-state index contributed by atoms with van der Waals surface area (Å²) >= 11 is 1.29. The predicted molar refractivity (Wildman–Crippen MR) is 92.8 cm³/mol. The Bertz CT molecular complexity index is 771. The molecule has 3 aromatic rings. The van der Waals surface area contributed by atoms with Crippen molar-refractivity contribution < 1.29 is 4.79 Å². The summed E-state index contributed by atoms with van der Waals surface area (Å²) in [5, 5.41) is 19.5. The van der Waals surface area contributed by atoms with Crippen LogP contribution in [0.4, 0.5) is 5.69 Å². The van der Waals surface area contributed by atoms with Crippen LogP contribution in [-0.4, -0.2) is 31.9 Å². The number of nitrogens with one attached hydrogen (secondary N) is 2. The van der Waals surface area contributed by atoms with Gasteiger partial charge in [0.1, 0.15) is 5.01 Å². The average molecular weight is 342 g/mol. The molecule has 0 radical (unpaired) electrons. The van der Waals surface area contributed by atoms with Crippen molar-refractivity contribution in [1.29, 1.82) is 0 Å². The molecule has 1 amide bonds. The molecule has 24 heavy (non-hydrogen) atoms. The van der Waals surface area contributed by atoms with Crippen molar-refractivity contribution in [2.45, 2.75) is 26.1 Å². The van der Waals surface area contributed by atoms with Crippen LogP contribution < -0.4 is 10.6 Å². The van der Waals surface area contributed by atoms with E-state index in [1.165, 1.54) is 11.3 Å². The van der Waals surface area contributed by atoms with E-state index in [9.17, 15) is 4.79 Å². The normalized spacial score (nSPS) is 12.0. The zero-order valence-electron chi connectivity index (χ0n) is 13.2. The minimum absolute atomic E-state index is 0.232. The highest BCUT2D eigenvalue weighted by Gasteiger charge is 2.13. The number of hydrogen-bond donors (Lipinski definition) is 2. The molecule has 2 N–H and O–H groups in total. The van der Waals surface area contributed by atoms with Gasteiger partial charge in [-0.2, -0.15) is 5.10 Å². The minimum atomic E-state index is -0.241. The number of anilines is 1. The van der Waals surface area contributed by atoms with Crippen molar-refractivity contribution in [3.8, 4) is 0 Å². The lowest BCUT2D eigenvalue weighted by molar-refractivity contribution is 0.102. The van der Waals surface area contributed by atoms with Gasteiger partial charge in [0.2, 0.25) is 5.01 Å². The summed E-state index contributed by atoms with van der Waals surface area (Å²) in [4.78, 5) is 12.1. The molecule has 1 aromatic carbocycles. The number of carbonyl (C=O) groups is 1. The smallest absolute Gasteiger partial charge is 0.286 e. The molecule has 0 aliphatic rings. The standard InChI is InChI=1S/C16H18N6OS/c1-12(11-22-9-5-8-18-22)17-10-14-20-21-16(24-14)15(23)19-13-6-3-2-4-7-13/h2-9,12,17H,10-11H2,1H3,(H,19,23)/t12-/m0/s1. The molecule has 0 aliphatic carbocycles. The van der Waals surface area contributed by atoms with Crippen LogP contribution in [0.25, 0.3) is 0 Å². The highest BCUT2D eigenvalue weighted by Crippen LogP contribution is 2.13. The summed E-state index contributed by atoms with van der Waals surface area (Å²) in [6.07, 6.45) is 3.68. The highest BCUT2D eigenvalue weighted by atomic mass is 32.1. The van der Waals surface area contributed by atoms with Gasteiger partial charge in [0.05, 0.1) is 13.1 Å². The van der Waals surface area contributed by atoms with Gasteiger partial charge >= 0.3 is 0 Å². The molecule has 0 aliphatic heterocycles. The maximum atomic E-state index is 12.1. The van der Waals surface area contributed by atoms with E-state index in [2.05, 4.69) is 32.9 Å². The lowest BCUT2D eigenvalue weighted by Gasteiger charge is -2.12. The topological polar surface area (TPSA) is 84.7 Å². The number of benzene rings is 1. The van der Waals surface area contributed by atoms with Crippen molar-refractivity contribution in [1.82, 2.24) is 25.3 Å². The minimum Gasteiger partial charge on any atom is -0.320 e. The molecule has 0 spiro atoms. The summed E-state index contributed by atoms with van der Waals surface area (Å²) in [5.41, 5.74) is 0.741. The number of hydrogen-bond acceptors (Lipinski definition) is 6. The second-order valence-electron chi connectivity index (χ2n) is 5.33. The lowest BCUT2D eigenvalue weighted by Crippen LogP contribution is -2.30. The van der Waals surface area contributed by atoms with Crippen molar-refractivity contribution in [3.05, 3.63) is 58.8 Å². The number of para-hydroxylation sites is 1. The van der Waals surface area contributed by atoms with Crippen molar-refractivity contribution in [2.75, 3.05) is 5.32 Å².